The highest BCUT2D eigenvalue weighted by Gasteiger charge is 2.23. The van der Waals surface area contributed by atoms with Crippen molar-refractivity contribution in [1.82, 2.24) is 14.7 Å². The van der Waals surface area contributed by atoms with Crippen LogP contribution in [0.1, 0.15) is 42.4 Å². The molecule has 0 spiro atoms. The van der Waals surface area contributed by atoms with Crippen molar-refractivity contribution in [1.29, 1.82) is 0 Å². The van der Waals surface area contributed by atoms with Crippen molar-refractivity contribution in [2.45, 2.75) is 33.1 Å². The first-order chi connectivity index (χ1) is 16.1. The number of carbonyl (C=O) groups excluding carboxylic acids is 2. The van der Waals surface area contributed by atoms with Crippen LogP contribution in [0, 0.1) is 6.92 Å². The van der Waals surface area contributed by atoms with Crippen molar-refractivity contribution in [2.75, 3.05) is 32.1 Å². The molecule has 2 aromatic carbocycles. The maximum atomic E-state index is 13.1. The van der Waals surface area contributed by atoms with Crippen LogP contribution in [0.25, 0.3) is 5.69 Å². The highest BCUT2D eigenvalue weighted by molar-refractivity contribution is 6.31. The van der Waals surface area contributed by atoms with Crippen molar-refractivity contribution in [2.24, 2.45) is 0 Å². The van der Waals surface area contributed by atoms with Crippen LogP contribution in [0.3, 0.4) is 0 Å². The second-order valence-corrected chi connectivity index (χ2v) is 9.63. The SMILES string of the molecule is COCCN(CC(=O)Nc1cc(C(C)(C)C)nn1-c1ccc(C)cc1)C(=O)c1cccc(Cl)c1. The highest BCUT2D eigenvalue weighted by Crippen LogP contribution is 2.26. The lowest BCUT2D eigenvalue weighted by Gasteiger charge is -2.22. The molecule has 1 aromatic heterocycles. The minimum atomic E-state index is -0.333. The second-order valence-electron chi connectivity index (χ2n) is 9.19. The Morgan fingerprint density at radius 1 is 1.12 bits per heavy atom. The number of nitrogens with one attached hydrogen (secondary N) is 1. The van der Waals surface area contributed by atoms with Gasteiger partial charge in [-0.3, -0.25) is 9.59 Å². The zero-order valence-corrected chi connectivity index (χ0v) is 21.0. The topological polar surface area (TPSA) is 76.5 Å². The van der Waals surface area contributed by atoms with Crippen molar-refractivity contribution in [3.8, 4) is 5.69 Å². The van der Waals surface area contributed by atoms with E-state index in [1.165, 1.54) is 4.90 Å². The monoisotopic (exact) mass is 482 g/mol. The van der Waals surface area contributed by atoms with Gasteiger partial charge in [0.1, 0.15) is 12.4 Å². The van der Waals surface area contributed by atoms with E-state index in [2.05, 4.69) is 26.1 Å². The number of anilines is 1. The van der Waals surface area contributed by atoms with Gasteiger partial charge < -0.3 is 15.0 Å². The largest absolute Gasteiger partial charge is 0.383 e. The van der Waals surface area contributed by atoms with Gasteiger partial charge in [0.2, 0.25) is 5.91 Å². The minimum Gasteiger partial charge on any atom is -0.383 e. The summed E-state index contributed by atoms with van der Waals surface area (Å²) in [6.45, 7) is 8.64. The number of ether oxygens (including phenoxy) is 1. The third kappa shape index (κ3) is 6.46. The summed E-state index contributed by atoms with van der Waals surface area (Å²) in [7, 11) is 1.55. The van der Waals surface area contributed by atoms with Crippen molar-refractivity contribution in [3.05, 3.63) is 76.4 Å². The fraction of sp³-hybridized carbons (Fsp3) is 0.346. The Labute approximate surface area is 205 Å². The molecule has 0 unspecified atom stereocenters. The van der Waals surface area contributed by atoms with Crippen molar-refractivity contribution < 1.29 is 14.3 Å². The van der Waals surface area contributed by atoms with Crippen LogP contribution in [0.15, 0.2) is 54.6 Å². The normalized spacial score (nSPS) is 11.4. The van der Waals surface area contributed by atoms with Gasteiger partial charge in [0.25, 0.3) is 5.91 Å². The van der Waals surface area contributed by atoms with Gasteiger partial charge in [-0.25, -0.2) is 4.68 Å². The fourth-order valence-electron chi connectivity index (χ4n) is 3.33. The average molecular weight is 483 g/mol. The van der Waals surface area contributed by atoms with Crippen LogP contribution >= 0.6 is 11.6 Å². The van der Waals surface area contributed by atoms with Crippen LogP contribution in [0.2, 0.25) is 5.02 Å². The van der Waals surface area contributed by atoms with E-state index in [1.807, 2.05) is 37.3 Å². The van der Waals surface area contributed by atoms with E-state index in [4.69, 9.17) is 21.4 Å². The van der Waals surface area contributed by atoms with Gasteiger partial charge >= 0.3 is 0 Å². The number of hydrogen-bond donors (Lipinski definition) is 1. The Morgan fingerprint density at radius 2 is 1.82 bits per heavy atom. The Bertz CT molecular complexity index is 1150. The third-order valence-corrected chi connectivity index (χ3v) is 5.52. The molecule has 0 atom stereocenters. The van der Waals surface area contributed by atoms with E-state index < -0.39 is 0 Å². The Kier molecular flexibility index (Phi) is 8.12. The fourth-order valence-corrected chi connectivity index (χ4v) is 3.52. The van der Waals surface area contributed by atoms with Gasteiger partial charge in [-0.15, -0.1) is 0 Å². The molecule has 180 valence electrons. The molecule has 0 saturated carbocycles. The number of methoxy groups -OCH3 is 1. The smallest absolute Gasteiger partial charge is 0.254 e. The van der Waals surface area contributed by atoms with Gasteiger partial charge in [-0.05, 0) is 37.3 Å². The Hall–Kier alpha value is -3.16. The van der Waals surface area contributed by atoms with E-state index in [-0.39, 0.29) is 30.3 Å². The number of aromatic nitrogens is 2. The van der Waals surface area contributed by atoms with E-state index >= 15 is 0 Å². The van der Waals surface area contributed by atoms with Gasteiger partial charge in [0.15, 0.2) is 0 Å². The van der Waals surface area contributed by atoms with Gasteiger partial charge in [0, 0.05) is 35.7 Å². The molecule has 7 nitrogen and oxygen atoms in total. The maximum absolute atomic E-state index is 13.1. The standard InChI is InChI=1S/C26H31ClN4O3/c1-18-9-11-21(12-10-18)31-23(16-22(29-31)26(2,3)4)28-24(32)17-30(13-14-34-5)25(33)19-7-6-8-20(27)15-19/h6-12,15-16H,13-14,17H2,1-5H3,(H,28,32). The van der Waals surface area contributed by atoms with E-state index in [0.717, 1.165) is 16.9 Å². The minimum absolute atomic E-state index is 0.140. The van der Waals surface area contributed by atoms with Crippen LogP contribution < -0.4 is 5.32 Å². The average Bonchev–Trinajstić information content (AvgIpc) is 3.21. The van der Waals surface area contributed by atoms with Crippen LogP contribution in [0.5, 0.6) is 0 Å². The molecule has 34 heavy (non-hydrogen) atoms. The van der Waals surface area contributed by atoms with E-state index in [0.29, 0.717) is 23.0 Å². The summed E-state index contributed by atoms with van der Waals surface area (Å²) in [5.41, 5.74) is 3.02. The molecule has 1 heterocycles. The summed E-state index contributed by atoms with van der Waals surface area (Å²) >= 11 is 6.05. The number of hydrogen-bond acceptors (Lipinski definition) is 4. The lowest BCUT2D eigenvalue weighted by Crippen LogP contribution is -2.40. The molecule has 0 aliphatic rings. The molecule has 0 fully saturated rings. The predicted molar refractivity (Wildman–Crippen MR) is 135 cm³/mol. The number of rotatable bonds is 8. The Balaban J connectivity index is 1.85. The summed E-state index contributed by atoms with van der Waals surface area (Å²) in [4.78, 5) is 27.6. The summed E-state index contributed by atoms with van der Waals surface area (Å²) in [5, 5.41) is 8.14. The molecule has 2 amide bonds. The quantitative estimate of drug-likeness (QED) is 0.497. The highest BCUT2D eigenvalue weighted by atomic mass is 35.5. The molecule has 0 bridgehead atoms. The number of nitrogens with zero attached hydrogens (tertiary/aromatic N) is 3. The van der Waals surface area contributed by atoms with Gasteiger partial charge in [0.05, 0.1) is 18.0 Å². The zero-order valence-electron chi connectivity index (χ0n) is 20.3. The number of benzene rings is 2. The summed E-state index contributed by atoms with van der Waals surface area (Å²) in [6, 6.07) is 16.4. The van der Waals surface area contributed by atoms with Gasteiger partial charge in [-0.2, -0.15) is 5.10 Å². The van der Waals surface area contributed by atoms with Crippen LogP contribution in [-0.4, -0.2) is 53.3 Å². The van der Waals surface area contributed by atoms with Crippen molar-refractivity contribution in [3.63, 3.8) is 0 Å². The summed E-state index contributed by atoms with van der Waals surface area (Å²) in [6.07, 6.45) is 0. The molecule has 3 aromatic rings. The van der Waals surface area contributed by atoms with E-state index in [9.17, 15) is 9.59 Å². The van der Waals surface area contributed by atoms with Crippen LogP contribution in [0.4, 0.5) is 5.82 Å². The molecular weight excluding hydrogens is 452 g/mol. The molecule has 1 N–H and O–H groups in total. The van der Waals surface area contributed by atoms with Crippen molar-refractivity contribution >= 4 is 29.2 Å². The Morgan fingerprint density at radius 3 is 2.44 bits per heavy atom. The molecular formula is C26H31ClN4O3. The lowest BCUT2D eigenvalue weighted by atomic mass is 9.92. The molecule has 0 radical (unpaired) electrons. The third-order valence-electron chi connectivity index (χ3n) is 5.28. The predicted octanol–water partition coefficient (Wildman–Crippen LogP) is 4.86. The summed E-state index contributed by atoms with van der Waals surface area (Å²) in [5.74, 6) is -0.0852. The van der Waals surface area contributed by atoms with Gasteiger partial charge in [-0.1, -0.05) is 56.1 Å². The molecule has 3 rings (SSSR count). The number of carbonyl (C=O) groups is 2. The zero-order chi connectivity index (χ0) is 24.9. The first kappa shape index (κ1) is 25.5. The molecule has 0 aliphatic carbocycles. The molecule has 0 saturated heterocycles. The lowest BCUT2D eigenvalue weighted by molar-refractivity contribution is -0.117. The second kappa shape index (κ2) is 10.8. The first-order valence-electron chi connectivity index (χ1n) is 11.1. The van der Waals surface area contributed by atoms with E-state index in [1.54, 1.807) is 36.1 Å². The maximum Gasteiger partial charge on any atom is 0.254 e. The number of amides is 2. The first-order valence-corrected chi connectivity index (χ1v) is 11.5. The summed E-state index contributed by atoms with van der Waals surface area (Å²) < 4.78 is 6.86. The molecule has 0 aliphatic heterocycles. The number of halogens is 1. The van der Waals surface area contributed by atoms with Crippen LogP contribution in [-0.2, 0) is 14.9 Å². The number of aryl methyl sites for hydroxylation is 1. The molecule has 8 heteroatoms.